The first-order valence-corrected chi connectivity index (χ1v) is 12.2. The van der Waals surface area contributed by atoms with E-state index < -0.39 is 12.0 Å². The van der Waals surface area contributed by atoms with Gasteiger partial charge in [-0.3, -0.25) is 0 Å². The van der Waals surface area contributed by atoms with E-state index in [1.165, 1.54) is 24.3 Å². The number of nitrogens with zero attached hydrogens (tertiary/aromatic N) is 5. The molecule has 1 aliphatic rings. The molecular formula is C27H29N7O4. The number of carboxylic acids is 1. The van der Waals surface area contributed by atoms with E-state index in [-0.39, 0.29) is 5.56 Å². The number of carboxylic acid groups (broad SMARTS) is 1. The second-order valence-electron chi connectivity index (χ2n) is 9.31. The van der Waals surface area contributed by atoms with Gasteiger partial charge in [0, 0.05) is 42.8 Å². The molecule has 2 amide bonds. The lowest BCUT2D eigenvalue weighted by Crippen LogP contribution is -2.37. The minimum Gasteiger partial charge on any atom is -0.478 e. The molecule has 38 heavy (non-hydrogen) atoms. The molecular weight excluding hydrogens is 486 g/mol. The number of ether oxygens (including phenoxy) is 1. The van der Waals surface area contributed by atoms with Crippen LogP contribution in [0.25, 0.3) is 16.9 Å². The van der Waals surface area contributed by atoms with E-state index in [4.69, 9.17) is 19.9 Å². The standard InChI is InChI=1S/C27H29N7O4/c1-32(2)16-18-15-23-25(33-11-13-38-14-12-33)30-24(31-34(23)17-18)19-3-7-21(8-4-19)28-27(37)29-22-9-5-20(6-10-22)26(35)36/h3-10,15,17H,11-14,16H2,1-2H3,(H,35,36)(H2,28,29,37). The van der Waals surface area contributed by atoms with Gasteiger partial charge >= 0.3 is 12.0 Å². The van der Waals surface area contributed by atoms with Crippen LogP contribution in [-0.4, -0.2) is 77.0 Å². The topological polar surface area (TPSA) is 124 Å². The van der Waals surface area contributed by atoms with E-state index in [1.807, 2.05) is 36.9 Å². The van der Waals surface area contributed by atoms with Crippen molar-refractivity contribution in [2.75, 3.05) is 55.9 Å². The molecule has 0 saturated carbocycles. The van der Waals surface area contributed by atoms with Crippen LogP contribution in [0.3, 0.4) is 0 Å². The Morgan fingerprint density at radius 3 is 2.24 bits per heavy atom. The molecule has 1 aliphatic heterocycles. The van der Waals surface area contributed by atoms with Crippen LogP contribution in [-0.2, 0) is 11.3 Å². The van der Waals surface area contributed by atoms with E-state index in [0.29, 0.717) is 30.4 Å². The van der Waals surface area contributed by atoms with Gasteiger partial charge in [-0.2, -0.15) is 0 Å². The van der Waals surface area contributed by atoms with Crippen LogP contribution >= 0.6 is 0 Å². The van der Waals surface area contributed by atoms with Crippen LogP contribution in [0.4, 0.5) is 22.0 Å². The van der Waals surface area contributed by atoms with Crippen LogP contribution in [0, 0.1) is 0 Å². The summed E-state index contributed by atoms with van der Waals surface area (Å²) in [6.45, 7) is 3.63. The highest BCUT2D eigenvalue weighted by molar-refractivity contribution is 6.00. The Morgan fingerprint density at radius 1 is 1.00 bits per heavy atom. The fourth-order valence-electron chi connectivity index (χ4n) is 4.31. The lowest BCUT2D eigenvalue weighted by atomic mass is 10.2. The average molecular weight is 516 g/mol. The van der Waals surface area contributed by atoms with Crippen molar-refractivity contribution in [1.82, 2.24) is 19.5 Å². The second-order valence-corrected chi connectivity index (χ2v) is 9.31. The lowest BCUT2D eigenvalue weighted by Gasteiger charge is -2.28. The zero-order chi connectivity index (χ0) is 26.6. The maximum Gasteiger partial charge on any atom is 0.335 e. The van der Waals surface area contributed by atoms with Gasteiger partial charge < -0.3 is 30.3 Å². The van der Waals surface area contributed by atoms with E-state index in [1.54, 1.807) is 12.1 Å². The maximum absolute atomic E-state index is 12.4. The fourth-order valence-corrected chi connectivity index (χ4v) is 4.31. The third-order valence-corrected chi connectivity index (χ3v) is 6.10. The molecule has 1 saturated heterocycles. The second kappa shape index (κ2) is 10.9. The summed E-state index contributed by atoms with van der Waals surface area (Å²) in [6, 6.07) is 15.0. The van der Waals surface area contributed by atoms with Gasteiger partial charge in [-0.25, -0.2) is 19.1 Å². The van der Waals surface area contributed by atoms with Gasteiger partial charge in [-0.1, -0.05) is 0 Å². The first-order chi connectivity index (χ1) is 18.4. The molecule has 1 fully saturated rings. The lowest BCUT2D eigenvalue weighted by molar-refractivity contribution is 0.0697. The van der Waals surface area contributed by atoms with Gasteiger partial charge in [-0.05, 0) is 74.3 Å². The smallest absolute Gasteiger partial charge is 0.335 e. The minimum absolute atomic E-state index is 0.151. The highest BCUT2D eigenvalue weighted by Gasteiger charge is 2.19. The van der Waals surface area contributed by atoms with Crippen molar-refractivity contribution in [2.45, 2.75) is 6.54 Å². The zero-order valence-corrected chi connectivity index (χ0v) is 21.2. The first-order valence-electron chi connectivity index (χ1n) is 12.2. The van der Waals surface area contributed by atoms with Gasteiger partial charge in [-0.15, -0.1) is 5.10 Å². The van der Waals surface area contributed by atoms with E-state index in [9.17, 15) is 9.59 Å². The van der Waals surface area contributed by atoms with Crippen molar-refractivity contribution in [3.63, 3.8) is 0 Å². The Balaban J connectivity index is 1.35. The van der Waals surface area contributed by atoms with Crippen molar-refractivity contribution in [3.05, 3.63) is 71.9 Å². The molecule has 0 bridgehead atoms. The molecule has 3 N–H and O–H groups in total. The Kier molecular flexibility index (Phi) is 7.20. The Morgan fingerprint density at radius 2 is 1.63 bits per heavy atom. The molecule has 2 aromatic heterocycles. The first kappa shape index (κ1) is 25.2. The van der Waals surface area contributed by atoms with Crippen LogP contribution in [0.1, 0.15) is 15.9 Å². The predicted molar refractivity (Wildman–Crippen MR) is 145 cm³/mol. The summed E-state index contributed by atoms with van der Waals surface area (Å²) >= 11 is 0. The number of benzene rings is 2. The SMILES string of the molecule is CN(C)Cc1cc2c(N3CCOCC3)nc(-c3ccc(NC(=O)Nc4ccc(C(=O)O)cc4)cc3)nn2c1. The number of urea groups is 1. The molecule has 0 unspecified atom stereocenters. The molecule has 0 atom stereocenters. The summed E-state index contributed by atoms with van der Waals surface area (Å²) in [4.78, 5) is 32.7. The number of hydrogen-bond acceptors (Lipinski definition) is 7. The normalized spacial score (nSPS) is 13.6. The van der Waals surface area contributed by atoms with Crippen LogP contribution < -0.4 is 15.5 Å². The summed E-state index contributed by atoms with van der Waals surface area (Å²) in [7, 11) is 4.07. The van der Waals surface area contributed by atoms with Crippen LogP contribution in [0.2, 0.25) is 0 Å². The molecule has 11 heteroatoms. The number of aromatic carboxylic acids is 1. The quantitative estimate of drug-likeness (QED) is 0.341. The van der Waals surface area contributed by atoms with E-state index >= 15 is 0 Å². The third-order valence-electron chi connectivity index (χ3n) is 6.10. The van der Waals surface area contributed by atoms with Crippen molar-refractivity contribution in [3.8, 4) is 11.4 Å². The van der Waals surface area contributed by atoms with Crippen molar-refractivity contribution in [2.24, 2.45) is 0 Å². The molecule has 4 aromatic rings. The van der Waals surface area contributed by atoms with E-state index in [0.717, 1.165) is 42.1 Å². The zero-order valence-electron chi connectivity index (χ0n) is 21.2. The number of fused-ring (bicyclic) bond motifs is 1. The molecule has 11 nitrogen and oxygen atoms in total. The highest BCUT2D eigenvalue weighted by Crippen LogP contribution is 2.27. The number of amides is 2. The number of carbonyl (C=O) groups excluding carboxylic acids is 1. The number of aromatic nitrogens is 3. The molecule has 3 heterocycles. The maximum atomic E-state index is 12.4. The van der Waals surface area contributed by atoms with Crippen LogP contribution in [0.15, 0.2) is 60.8 Å². The summed E-state index contributed by atoms with van der Waals surface area (Å²) in [5.41, 5.74) is 4.16. The van der Waals surface area contributed by atoms with Gasteiger partial charge in [0.15, 0.2) is 11.6 Å². The summed E-state index contributed by atoms with van der Waals surface area (Å²) in [5, 5.41) is 19.3. The number of carbonyl (C=O) groups is 2. The van der Waals surface area contributed by atoms with Gasteiger partial charge in [0.2, 0.25) is 0 Å². The van der Waals surface area contributed by atoms with Crippen LogP contribution in [0.5, 0.6) is 0 Å². The molecule has 5 rings (SSSR count). The molecule has 2 aromatic carbocycles. The fraction of sp³-hybridized carbons (Fsp3) is 0.259. The number of anilines is 3. The summed E-state index contributed by atoms with van der Waals surface area (Å²) in [5.74, 6) is 0.436. The Labute approximate surface area is 219 Å². The number of nitrogens with one attached hydrogen (secondary N) is 2. The number of morpholine rings is 1. The summed E-state index contributed by atoms with van der Waals surface area (Å²) in [6.07, 6.45) is 2.04. The molecule has 0 spiro atoms. The van der Waals surface area contributed by atoms with E-state index in [2.05, 4.69) is 26.5 Å². The Hall–Kier alpha value is -4.48. The summed E-state index contributed by atoms with van der Waals surface area (Å²) < 4.78 is 7.43. The Bertz CT molecular complexity index is 1440. The van der Waals surface area contributed by atoms with Crippen molar-refractivity contribution < 1.29 is 19.4 Å². The molecule has 0 radical (unpaired) electrons. The van der Waals surface area contributed by atoms with Gasteiger partial charge in [0.1, 0.15) is 5.52 Å². The monoisotopic (exact) mass is 515 g/mol. The largest absolute Gasteiger partial charge is 0.478 e. The third kappa shape index (κ3) is 5.74. The average Bonchev–Trinajstić information content (AvgIpc) is 3.31. The van der Waals surface area contributed by atoms with Gasteiger partial charge in [0.25, 0.3) is 0 Å². The molecule has 0 aliphatic carbocycles. The highest BCUT2D eigenvalue weighted by atomic mass is 16.5. The van der Waals surface area contributed by atoms with Crippen molar-refractivity contribution in [1.29, 1.82) is 0 Å². The predicted octanol–water partition coefficient (Wildman–Crippen LogP) is 3.64. The minimum atomic E-state index is -1.02. The molecule has 196 valence electrons. The van der Waals surface area contributed by atoms with Crippen molar-refractivity contribution >= 4 is 34.7 Å². The van der Waals surface area contributed by atoms with Gasteiger partial charge in [0.05, 0.1) is 18.8 Å². The number of rotatable bonds is 7. The number of hydrogen-bond donors (Lipinski definition) is 3.